The number of rotatable bonds is 2. The van der Waals surface area contributed by atoms with Gasteiger partial charge < -0.3 is 9.80 Å². The van der Waals surface area contributed by atoms with Gasteiger partial charge >= 0.3 is 0 Å². The van der Waals surface area contributed by atoms with Gasteiger partial charge in [-0.2, -0.15) is 0 Å². The van der Waals surface area contributed by atoms with E-state index < -0.39 is 0 Å². The summed E-state index contributed by atoms with van der Waals surface area (Å²) in [5.74, 6) is 0. The Labute approximate surface area is 131 Å². The quantitative estimate of drug-likeness (QED) is 0.668. The lowest BCUT2D eigenvalue weighted by molar-refractivity contribution is 1.13. The Morgan fingerprint density at radius 3 is 2.24 bits per heavy atom. The Bertz CT molecular complexity index is 781. The molecule has 1 aromatic heterocycles. The third-order valence-corrected chi connectivity index (χ3v) is 3.61. The Balaban J connectivity index is 0.00000161. The zero-order valence-corrected chi connectivity index (χ0v) is 13.6. The molecule has 110 valence electrons. The standard InChI is InChI=1S/C17H19N3.ClH/c1-19(2)13-8-9-15-12(10-13)11-14-16(18-15)6-5-7-17(14)20(3)4;/h5-11H,1-4H3;1H. The van der Waals surface area contributed by atoms with Crippen molar-refractivity contribution in [2.75, 3.05) is 38.0 Å². The molecular weight excluding hydrogens is 282 g/mol. The molecule has 0 bridgehead atoms. The Hall–Kier alpha value is -2.00. The summed E-state index contributed by atoms with van der Waals surface area (Å²) in [6, 6.07) is 14.9. The van der Waals surface area contributed by atoms with Crippen molar-refractivity contribution < 1.29 is 0 Å². The van der Waals surface area contributed by atoms with Crippen molar-refractivity contribution in [2.24, 2.45) is 0 Å². The maximum absolute atomic E-state index is 4.78. The van der Waals surface area contributed by atoms with Crippen LogP contribution in [0.1, 0.15) is 0 Å². The molecule has 0 saturated carbocycles. The van der Waals surface area contributed by atoms with Crippen LogP contribution in [0.5, 0.6) is 0 Å². The van der Waals surface area contributed by atoms with Crippen molar-refractivity contribution in [3.05, 3.63) is 42.5 Å². The topological polar surface area (TPSA) is 19.4 Å². The lowest BCUT2D eigenvalue weighted by atomic mass is 10.1. The minimum Gasteiger partial charge on any atom is -0.378 e. The molecule has 3 aromatic rings. The summed E-state index contributed by atoms with van der Waals surface area (Å²) in [5.41, 5.74) is 4.48. The molecule has 2 aromatic carbocycles. The number of nitrogens with zero attached hydrogens (tertiary/aromatic N) is 3. The smallest absolute Gasteiger partial charge is 0.0730 e. The Kier molecular flexibility index (Phi) is 4.24. The first-order valence-electron chi connectivity index (χ1n) is 6.74. The number of aromatic nitrogens is 1. The molecule has 0 saturated heterocycles. The first-order chi connectivity index (χ1) is 9.56. The lowest BCUT2D eigenvalue weighted by Crippen LogP contribution is -2.09. The van der Waals surface area contributed by atoms with Crippen LogP contribution in [-0.2, 0) is 0 Å². The molecular formula is C17H20ClN3. The molecule has 0 aliphatic heterocycles. The molecule has 0 aliphatic carbocycles. The molecule has 0 unspecified atom stereocenters. The van der Waals surface area contributed by atoms with Crippen molar-refractivity contribution in [1.29, 1.82) is 0 Å². The minimum absolute atomic E-state index is 0. The summed E-state index contributed by atoms with van der Waals surface area (Å²) < 4.78 is 0. The predicted octanol–water partition coefficient (Wildman–Crippen LogP) is 3.94. The van der Waals surface area contributed by atoms with Gasteiger partial charge in [0.1, 0.15) is 0 Å². The van der Waals surface area contributed by atoms with Gasteiger partial charge in [0.25, 0.3) is 0 Å². The molecule has 0 radical (unpaired) electrons. The number of fused-ring (bicyclic) bond motifs is 2. The number of hydrogen-bond acceptors (Lipinski definition) is 3. The zero-order valence-electron chi connectivity index (χ0n) is 12.8. The van der Waals surface area contributed by atoms with Crippen LogP contribution in [-0.4, -0.2) is 33.2 Å². The van der Waals surface area contributed by atoms with Gasteiger partial charge in [0.05, 0.1) is 11.0 Å². The van der Waals surface area contributed by atoms with Crippen molar-refractivity contribution in [2.45, 2.75) is 0 Å². The summed E-state index contributed by atoms with van der Waals surface area (Å²) in [7, 11) is 8.24. The number of pyridine rings is 1. The number of anilines is 2. The third-order valence-electron chi connectivity index (χ3n) is 3.61. The zero-order chi connectivity index (χ0) is 14.3. The van der Waals surface area contributed by atoms with Crippen LogP contribution in [0.3, 0.4) is 0 Å². The van der Waals surface area contributed by atoms with E-state index in [1.807, 2.05) is 0 Å². The predicted molar refractivity (Wildman–Crippen MR) is 95.2 cm³/mol. The largest absolute Gasteiger partial charge is 0.378 e. The molecule has 4 heteroatoms. The average molecular weight is 302 g/mol. The maximum Gasteiger partial charge on any atom is 0.0730 e. The minimum atomic E-state index is 0. The van der Waals surface area contributed by atoms with Crippen molar-refractivity contribution in [3.63, 3.8) is 0 Å². The molecule has 21 heavy (non-hydrogen) atoms. The number of benzene rings is 2. The van der Waals surface area contributed by atoms with Gasteiger partial charge in [-0.15, -0.1) is 12.4 Å². The third kappa shape index (κ3) is 2.74. The molecule has 0 fully saturated rings. The fraction of sp³-hybridized carbons (Fsp3) is 0.235. The lowest BCUT2D eigenvalue weighted by Gasteiger charge is -2.16. The van der Waals surface area contributed by atoms with Gasteiger partial charge in [-0.1, -0.05) is 6.07 Å². The highest BCUT2D eigenvalue weighted by molar-refractivity contribution is 6.00. The monoisotopic (exact) mass is 301 g/mol. The van der Waals surface area contributed by atoms with Crippen molar-refractivity contribution in [3.8, 4) is 0 Å². The van der Waals surface area contributed by atoms with Gasteiger partial charge in [0, 0.05) is 50.3 Å². The average Bonchev–Trinajstić information content (AvgIpc) is 2.43. The second kappa shape index (κ2) is 5.78. The summed E-state index contributed by atoms with van der Waals surface area (Å²) >= 11 is 0. The Morgan fingerprint density at radius 1 is 0.810 bits per heavy atom. The molecule has 0 aliphatic rings. The van der Waals surface area contributed by atoms with E-state index in [1.165, 1.54) is 22.1 Å². The second-order valence-corrected chi connectivity index (χ2v) is 5.50. The van der Waals surface area contributed by atoms with Crippen LogP contribution in [0.4, 0.5) is 11.4 Å². The van der Waals surface area contributed by atoms with E-state index in [-0.39, 0.29) is 12.4 Å². The summed E-state index contributed by atoms with van der Waals surface area (Å²) in [6.07, 6.45) is 0. The molecule has 3 rings (SSSR count). The highest BCUT2D eigenvalue weighted by Gasteiger charge is 2.07. The van der Waals surface area contributed by atoms with Crippen molar-refractivity contribution in [1.82, 2.24) is 4.98 Å². The first kappa shape index (κ1) is 15.4. The molecule has 0 atom stereocenters. The van der Waals surface area contributed by atoms with E-state index >= 15 is 0 Å². The van der Waals surface area contributed by atoms with E-state index in [9.17, 15) is 0 Å². The van der Waals surface area contributed by atoms with Crippen LogP contribution < -0.4 is 9.80 Å². The number of hydrogen-bond donors (Lipinski definition) is 0. The fourth-order valence-electron chi connectivity index (χ4n) is 2.50. The second-order valence-electron chi connectivity index (χ2n) is 5.50. The van der Waals surface area contributed by atoms with Gasteiger partial charge in [0.15, 0.2) is 0 Å². The number of halogens is 1. The highest BCUT2D eigenvalue weighted by Crippen LogP contribution is 2.29. The highest BCUT2D eigenvalue weighted by atomic mass is 35.5. The first-order valence-corrected chi connectivity index (χ1v) is 6.74. The summed E-state index contributed by atoms with van der Waals surface area (Å²) in [6.45, 7) is 0. The SMILES string of the molecule is CN(C)c1ccc2nc3cccc(N(C)C)c3cc2c1.Cl. The van der Waals surface area contributed by atoms with Crippen molar-refractivity contribution >= 4 is 45.6 Å². The molecule has 0 amide bonds. The van der Waals surface area contributed by atoms with Crippen LogP contribution in [0, 0.1) is 0 Å². The fourth-order valence-corrected chi connectivity index (χ4v) is 2.50. The van der Waals surface area contributed by atoms with E-state index in [2.05, 4.69) is 80.5 Å². The van der Waals surface area contributed by atoms with E-state index in [4.69, 9.17) is 4.98 Å². The molecule has 0 N–H and O–H groups in total. The Morgan fingerprint density at radius 2 is 1.57 bits per heavy atom. The molecule has 3 nitrogen and oxygen atoms in total. The molecule has 1 heterocycles. The van der Waals surface area contributed by atoms with Crippen LogP contribution >= 0.6 is 12.4 Å². The van der Waals surface area contributed by atoms with E-state index in [1.54, 1.807) is 0 Å². The van der Waals surface area contributed by atoms with Crippen LogP contribution in [0.15, 0.2) is 42.5 Å². The van der Waals surface area contributed by atoms with Gasteiger partial charge in [-0.05, 0) is 36.4 Å². The summed E-state index contributed by atoms with van der Waals surface area (Å²) in [5, 5.41) is 2.37. The van der Waals surface area contributed by atoms with E-state index in [0.29, 0.717) is 0 Å². The van der Waals surface area contributed by atoms with Gasteiger partial charge in [-0.3, -0.25) is 0 Å². The van der Waals surface area contributed by atoms with Crippen LogP contribution in [0.2, 0.25) is 0 Å². The maximum atomic E-state index is 4.78. The van der Waals surface area contributed by atoms with E-state index in [0.717, 1.165) is 11.0 Å². The van der Waals surface area contributed by atoms with Crippen LogP contribution in [0.25, 0.3) is 21.8 Å². The normalized spacial score (nSPS) is 10.5. The summed E-state index contributed by atoms with van der Waals surface area (Å²) in [4.78, 5) is 9.02. The van der Waals surface area contributed by atoms with Gasteiger partial charge in [-0.25, -0.2) is 4.98 Å². The van der Waals surface area contributed by atoms with Gasteiger partial charge in [0.2, 0.25) is 0 Å². The molecule has 0 spiro atoms.